The van der Waals surface area contributed by atoms with E-state index in [-0.39, 0.29) is 12.0 Å². The molecule has 4 heteroatoms. The number of amides is 1. The molecule has 0 aliphatic carbocycles. The van der Waals surface area contributed by atoms with Gasteiger partial charge >= 0.3 is 0 Å². The minimum atomic E-state index is -0.296. The first-order valence-electron chi connectivity index (χ1n) is 4.77. The van der Waals surface area contributed by atoms with Gasteiger partial charge in [0.25, 0.3) is 0 Å². The van der Waals surface area contributed by atoms with Crippen molar-refractivity contribution in [2.75, 3.05) is 26.3 Å². The number of nitrogens with zero attached hydrogens (tertiary/aromatic N) is 1. The third kappa shape index (κ3) is 3.32. The number of aliphatic hydroxyl groups excluding tert-OH is 1. The van der Waals surface area contributed by atoms with Gasteiger partial charge in [-0.05, 0) is 13.3 Å². The minimum Gasteiger partial charge on any atom is -0.389 e. The monoisotopic (exact) mass is 187 g/mol. The van der Waals surface area contributed by atoms with E-state index in [1.807, 2.05) is 6.92 Å². The molecule has 1 heterocycles. The highest BCUT2D eigenvalue weighted by Crippen LogP contribution is 2.09. The summed E-state index contributed by atoms with van der Waals surface area (Å²) in [5.74, 6) is 0.130. The summed E-state index contributed by atoms with van der Waals surface area (Å²) in [5, 5.41) is 8.96. The minimum absolute atomic E-state index is 0.130. The van der Waals surface area contributed by atoms with E-state index in [0.717, 1.165) is 6.42 Å². The van der Waals surface area contributed by atoms with Crippen LogP contribution < -0.4 is 0 Å². The molecule has 1 aliphatic heterocycles. The number of β-amino-alcohol motifs (C(OH)–C–C–N with tert-alkyl or cyclic N) is 1. The lowest BCUT2D eigenvalue weighted by molar-refractivity contribution is -0.141. The second-order valence-electron chi connectivity index (χ2n) is 3.25. The van der Waals surface area contributed by atoms with Crippen LogP contribution in [-0.2, 0) is 9.53 Å². The van der Waals surface area contributed by atoms with Crippen molar-refractivity contribution in [2.24, 2.45) is 0 Å². The Labute approximate surface area is 78.5 Å². The normalized spacial score (nSPS) is 17.2. The van der Waals surface area contributed by atoms with Gasteiger partial charge in [0, 0.05) is 32.7 Å². The summed E-state index contributed by atoms with van der Waals surface area (Å²) in [5.41, 5.74) is 0. The number of hydrogen-bond donors (Lipinski definition) is 1. The van der Waals surface area contributed by atoms with E-state index in [4.69, 9.17) is 9.84 Å². The van der Waals surface area contributed by atoms with Crippen molar-refractivity contribution in [1.82, 2.24) is 4.90 Å². The molecular weight excluding hydrogens is 170 g/mol. The first kappa shape index (κ1) is 10.5. The van der Waals surface area contributed by atoms with E-state index >= 15 is 0 Å². The van der Waals surface area contributed by atoms with Crippen LogP contribution in [0.4, 0.5) is 0 Å². The van der Waals surface area contributed by atoms with Crippen molar-refractivity contribution in [3.05, 3.63) is 0 Å². The fourth-order valence-corrected chi connectivity index (χ4v) is 1.29. The lowest BCUT2D eigenvalue weighted by Crippen LogP contribution is -2.53. The van der Waals surface area contributed by atoms with Crippen LogP contribution in [0.3, 0.4) is 0 Å². The van der Waals surface area contributed by atoms with Gasteiger partial charge < -0.3 is 14.7 Å². The highest BCUT2D eigenvalue weighted by atomic mass is 16.5. The van der Waals surface area contributed by atoms with Crippen molar-refractivity contribution in [3.8, 4) is 0 Å². The lowest BCUT2D eigenvalue weighted by atomic mass is 10.1. The second kappa shape index (κ2) is 5.19. The average molecular weight is 187 g/mol. The van der Waals surface area contributed by atoms with Gasteiger partial charge in [-0.2, -0.15) is 0 Å². The first-order chi connectivity index (χ1) is 6.24. The summed E-state index contributed by atoms with van der Waals surface area (Å²) < 4.78 is 5.12. The highest BCUT2D eigenvalue weighted by molar-refractivity contribution is 5.77. The predicted molar refractivity (Wildman–Crippen MR) is 48.3 cm³/mol. The SMILES string of the molecule is CCOCCCC(=O)N1CC(O)C1. The Morgan fingerprint density at radius 2 is 2.31 bits per heavy atom. The number of likely N-dealkylation sites (tertiary alicyclic amines) is 1. The zero-order valence-electron chi connectivity index (χ0n) is 8.03. The van der Waals surface area contributed by atoms with Gasteiger partial charge in [-0.3, -0.25) is 4.79 Å². The maximum atomic E-state index is 11.3. The Bertz CT molecular complexity index is 166. The summed E-state index contributed by atoms with van der Waals surface area (Å²) in [6.07, 6.45) is 1.02. The van der Waals surface area contributed by atoms with E-state index in [1.165, 1.54) is 0 Å². The van der Waals surface area contributed by atoms with Crippen molar-refractivity contribution < 1.29 is 14.6 Å². The molecule has 13 heavy (non-hydrogen) atoms. The third-order valence-electron chi connectivity index (χ3n) is 2.10. The quantitative estimate of drug-likeness (QED) is 0.617. The number of hydrogen-bond acceptors (Lipinski definition) is 3. The summed E-state index contributed by atoms with van der Waals surface area (Å²) >= 11 is 0. The van der Waals surface area contributed by atoms with Crippen LogP contribution in [0.15, 0.2) is 0 Å². The van der Waals surface area contributed by atoms with Crippen LogP contribution in [0.1, 0.15) is 19.8 Å². The van der Waals surface area contributed by atoms with Gasteiger partial charge in [-0.25, -0.2) is 0 Å². The molecule has 0 aromatic carbocycles. The molecule has 1 fully saturated rings. The van der Waals surface area contributed by atoms with Crippen molar-refractivity contribution in [2.45, 2.75) is 25.9 Å². The van der Waals surface area contributed by atoms with Crippen molar-refractivity contribution >= 4 is 5.91 Å². The third-order valence-corrected chi connectivity index (χ3v) is 2.10. The van der Waals surface area contributed by atoms with Crippen LogP contribution in [-0.4, -0.2) is 48.3 Å². The summed E-state index contributed by atoms with van der Waals surface area (Å²) in [4.78, 5) is 13.0. The van der Waals surface area contributed by atoms with E-state index in [2.05, 4.69) is 0 Å². The second-order valence-corrected chi connectivity index (χ2v) is 3.25. The molecule has 0 unspecified atom stereocenters. The Hall–Kier alpha value is -0.610. The molecule has 1 rings (SSSR count). The molecule has 0 radical (unpaired) electrons. The molecule has 76 valence electrons. The van der Waals surface area contributed by atoms with Gasteiger partial charge in [0.05, 0.1) is 6.10 Å². The molecule has 0 bridgehead atoms. The maximum absolute atomic E-state index is 11.3. The van der Waals surface area contributed by atoms with Gasteiger partial charge in [0.15, 0.2) is 0 Å². The van der Waals surface area contributed by atoms with Gasteiger partial charge in [-0.15, -0.1) is 0 Å². The maximum Gasteiger partial charge on any atom is 0.222 e. The molecule has 0 saturated carbocycles. The molecule has 0 aromatic heterocycles. The number of rotatable bonds is 5. The Morgan fingerprint density at radius 3 is 2.85 bits per heavy atom. The standard InChI is InChI=1S/C9H17NO3/c1-2-13-5-3-4-9(12)10-6-8(11)7-10/h8,11H,2-7H2,1H3. The Balaban J connectivity index is 1.99. The zero-order chi connectivity index (χ0) is 9.68. The number of carbonyl (C=O) groups excluding carboxylic acids is 1. The van der Waals surface area contributed by atoms with Crippen LogP contribution in [0.25, 0.3) is 0 Å². The van der Waals surface area contributed by atoms with E-state index in [9.17, 15) is 4.79 Å². The Morgan fingerprint density at radius 1 is 1.62 bits per heavy atom. The molecule has 0 aromatic rings. The van der Waals surface area contributed by atoms with Crippen LogP contribution in [0, 0.1) is 0 Å². The average Bonchev–Trinajstić information content (AvgIpc) is 2.07. The van der Waals surface area contributed by atoms with E-state index in [1.54, 1.807) is 4.90 Å². The molecule has 4 nitrogen and oxygen atoms in total. The molecule has 0 atom stereocenters. The fraction of sp³-hybridized carbons (Fsp3) is 0.889. The van der Waals surface area contributed by atoms with Gasteiger partial charge in [0.2, 0.25) is 5.91 Å². The summed E-state index contributed by atoms with van der Waals surface area (Å²) in [6, 6.07) is 0. The van der Waals surface area contributed by atoms with Crippen molar-refractivity contribution in [3.63, 3.8) is 0 Å². The van der Waals surface area contributed by atoms with Gasteiger partial charge in [0.1, 0.15) is 0 Å². The first-order valence-corrected chi connectivity index (χ1v) is 4.77. The molecule has 1 N–H and O–H groups in total. The molecular formula is C9H17NO3. The lowest BCUT2D eigenvalue weighted by Gasteiger charge is -2.35. The van der Waals surface area contributed by atoms with Crippen LogP contribution in [0.2, 0.25) is 0 Å². The predicted octanol–water partition coefficient (Wildman–Crippen LogP) is 0.00620. The zero-order valence-corrected chi connectivity index (χ0v) is 8.03. The van der Waals surface area contributed by atoms with E-state index < -0.39 is 0 Å². The smallest absolute Gasteiger partial charge is 0.222 e. The molecule has 1 aliphatic rings. The van der Waals surface area contributed by atoms with Gasteiger partial charge in [-0.1, -0.05) is 0 Å². The topological polar surface area (TPSA) is 49.8 Å². The van der Waals surface area contributed by atoms with Crippen LogP contribution in [0.5, 0.6) is 0 Å². The molecule has 1 amide bonds. The molecule has 1 saturated heterocycles. The largest absolute Gasteiger partial charge is 0.389 e. The van der Waals surface area contributed by atoms with E-state index in [0.29, 0.717) is 32.7 Å². The summed E-state index contributed by atoms with van der Waals surface area (Å²) in [7, 11) is 0. The Kier molecular flexibility index (Phi) is 4.18. The van der Waals surface area contributed by atoms with Crippen molar-refractivity contribution in [1.29, 1.82) is 0 Å². The summed E-state index contributed by atoms with van der Waals surface area (Å²) in [6.45, 7) is 4.31. The molecule has 0 spiro atoms. The number of aliphatic hydroxyl groups is 1. The number of ether oxygens (including phenoxy) is 1. The van der Waals surface area contributed by atoms with Crippen LogP contribution >= 0.6 is 0 Å². The fourth-order valence-electron chi connectivity index (χ4n) is 1.29. The number of carbonyl (C=O) groups is 1. The highest BCUT2D eigenvalue weighted by Gasteiger charge is 2.27.